The van der Waals surface area contributed by atoms with Crippen LogP contribution in [0.1, 0.15) is 29.7 Å². The Bertz CT molecular complexity index is 702. The first kappa shape index (κ1) is 15.2. The van der Waals surface area contributed by atoms with Crippen LogP contribution in [0.2, 0.25) is 0 Å². The third kappa shape index (κ3) is 3.75. The molecule has 2 N–H and O–H groups in total. The second-order valence-electron chi connectivity index (χ2n) is 5.44. The molecule has 0 aliphatic carbocycles. The van der Waals surface area contributed by atoms with E-state index in [9.17, 15) is 9.59 Å². The van der Waals surface area contributed by atoms with Crippen LogP contribution in [0.15, 0.2) is 36.7 Å². The number of aromatic nitrogens is 2. The summed E-state index contributed by atoms with van der Waals surface area (Å²) < 4.78 is 7.15. The van der Waals surface area contributed by atoms with E-state index in [0.29, 0.717) is 23.5 Å². The zero-order valence-electron chi connectivity index (χ0n) is 12.8. The predicted molar refractivity (Wildman–Crippen MR) is 85.4 cm³/mol. The van der Waals surface area contributed by atoms with Gasteiger partial charge in [-0.3, -0.25) is 14.3 Å². The SMILES string of the molecule is CC(=O)Nc1ccc(C(=O)Nc2cnn([C@H]3CCOC3)c2)cc1. The molecule has 0 saturated carbocycles. The highest BCUT2D eigenvalue weighted by molar-refractivity contribution is 6.04. The fraction of sp³-hybridized carbons (Fsp3) is 0.312. The normalized spacial score (nSPS) is 17.0. The zero-order valence-corrected chi connectivity index (χ0v) is 12.8. The largest absolute Gasteiger partial charge is 0.379 e. The molecular formula is C16H18N4O3. The van der Waals surface area contributed by atoms with Crippen molar-refractivity contribution in [3.63, 3.8) is 0 Å². The second kappa shape index (κ2) is 6.62. The summed E-state index contributed by atoms with van der Waals surface area (Å²) in [5, 5.41) is 9.74. The molecule has 3 rings (SSSR count). The monoisotopic (exact) mass is 314 g/mol. The predicted octanol–water partition coefficient (Wildman–Crippen LogP) is 2.06. The molecule has 0 bridgehead atoms. The number of nitrogens with one attached hydrogen (secondary N) is 2. The summed E-state index contributed by atoms with van der Waals surface area (Å²) >= 11 is 0. The fourth-order valence-electron chi connectivity index (χ4n) is 2.44. The van der Waals surface area contributed by atoms with Crippen LogP contribution in [0.5, 0.6) is 0 Å². The van der Waals surface area contributed by atoms with Gasteiger partial charge in [-0.2, -0.15) is 5.10 Å². The van der Waals surface area contributed by atoms with Crippen molar-refractivity contribution in [1.82, 2.24) is 9.78 Å². The first-order valence-electron chi connectivity index (χ1n) is 7.43. The number of carbonyl (C=O) groups excluding carboxylic acids is 2. The Kier molecular flexibility index (Phi) is 4.38. The van der Waals surface area contributed by atoms with Crippen LogP contribution in [-0.4, -0.2) is 34.8 Å². The average molecular weight is 314 g/mol. The number of ether oxygens (including phenoxy) is 1. The van der Waals surface area contributed by atoms with E-state index in [2.05, 4.69) is 15.7 Å². The van der Waals surface area contributed by atoms with E-state index in [1.54, 1.807) is 30.5 Å². The molecule has 2 amide bonds. The van der Waals surface area contributed by atoms with Crippen LogP contribution in [0.4, 0.5) is 11.4 Å². The minimum absolute atomic E-state index is 0.148. The summed E-state index contributed by atoms with van der Waals surface area (Å²) in [6.07, 6.45) is 4.37. The van der Waals surface area contributed by atoms with Gasteiger partial charge in [-0.1, -0.05) is 0 Å². The molecule has 1 aliphatic heterocycles. The van der Waals surface area contributed by atoms with Gasteiger partial charge in [-0.25, -0.2) is 0 Å². The van der Waals surface area contributed by atoms with Crippen molar-refractivity contribution in [2.75, 3.05) is 23.8 Å². The zero-order chi connectivity index (χ0) is 16.2. The number of amides is 2. The van der Waals surface area contributed by atoms with E-state index in [0.717, 1.165) is 13.0 Å². The third-order valence-corrected chi connectivity index (χ3v) is 3.61. The van der Waals surface area contributed by atoms with Crippen molar-refractivity contribution in [2.24, 2.45) is 0 Å². The Labute approximate surface area is 133 Å². The molecule has 120 valence electrons. The summed E-state index contributed by atoms with van der Waals surface area (Å²) in [7, 11) is 0. The minimum Gasteiger partial charge on any atom is -0.379 e. The first-order valence-corrected chi connectivity index (χ1v) is 7.43. The van der Waals surface area contributed by atoms with Crippen molar-refractivity contribution in [3.8, 4) is 0 Å². The molecule has 7 nitrogen and oxygen atoms in total. The fourth-order valence-corrected chi connectivity index (χ4v) is 2.44. The van der Waals surface area contributed by atoms with Crippen LogP contribution in [0.25, 0.3) is 0 Å². The Balaban J connectivity index is 1.63. The van der Waals surface area contributed by atoms with Crippen molar-refractivity contribution >= 4 is 23.2 Å². The topological polar surface area (TPSA) is 85.3 Å². The molecule has 7 heteroatoms. The smallest absolute Gasteiger partial charge is 0.255 e. The number of hydrogen-bond donors (Lipinski definition) is 2. The van der Waals surface area contributed by atoms with Crippen LogP contribution in [-0.2, 0) is 9.53 Å². The number of hydrogen-bond acceptors (Lipinski definition) is 4. The molecule has 2 aromatic rings. The van der Waals surface area contributed by atoms with Gasteiger partial charge in [0, 0.05) is 31.0 Å². The highest BCUT2D eigenvalue weighted by Gasteiger charge is 2.18. The standard InChI is InChI=1S/C16H18N4O3/c1-11(21)18-13-4-2-12(3-5-13)16(22)19-14-8-17-20(9-14)15-6-7-23-10-15/h2-5,8-9,15H,6-7,10H2,1H3,(H,18,21)(H,19,22)/t15-/m0/s1. The van der Waals surface area contributed by atoms with Gasteiger partial charge in [0.1, 0.15) is 0 Å². The van der Waals surface area contributed by atoms with Gasteiger partial charge in [0.05, 0.1) is 24.5 Å². The number of carbonyl (C=O) groups is 2. The molecule has 0 spiro atoms. The molecular weight excluding hydrogens is 296 g/mol. The minimum atomic E-state index is -0.221. The Morgan fingerprint density at radius 2 is 2.00 bits per heavy atom. The summed E-state index contributed by atoms with van der Waals surface area (Å²) in [5.74, 6) is -0.368. The van der Waals surface area contributed by atoms with Crippen molar-refractivity contribution < 1.29 is 14.3 Å². The average Bonchev–Trinajstić information content (AvgIpc) is 3.18. The number of rotatable bonds is 4. The Morgan fingerprint density at radius 3 is 2.65 bits per heavy atom. The lowest BCUT2D eigenvalue weighted by Gasteiger charge is -2.07. The highest BCUT2D eigenvalue weighted by atomic mass is 16.5. The van der Waals surface area contributed by atoms with Gasteiger partial charge in [0.2, 0.25) is 5.91 Å². The molecule has 1 aromatic heterocycles. The van der Waals surface area contributed by atoms with Crippen LogP contribution in [0, 0.1) is 0 Å². The highest BCUT2D eigenvalue weighted by Crippen LogP contribution is 2.20. The van der Waals surface area contributed by atoms with E-state index >= 15 is 0 Å². The molecule has 0 radical (unpaired) electrons. The molecule has 1 atom stereocenters. The van der Waals surface area contributed by atoms with Gasteiger partial charge < -0.3 is 15.4 Å². The number of nitrogens with zero attached hydrogens (tertiary/aromatic N) is 2. The lowest BCUT2D eigenvalue weighted by molar-refractivity contribution is -0.114. The maximum atomic E-state index is 12.2. The molecule has 1 aliphatic rings. The van der Waals surface area contributed by atoms with E-state index in [1.165, 1.54) is 6.92 Å². The molecule has 2 heterocycles. The summed E-state index contributed by atoms with van der Waals surface area (Å²) in [6, 6.07) is 6.94. The lowest BCUT2D eigenvalue weighted by atomic mass is 10.2. The van der Waals surface area contributed by atoms with Gasteiger partial charge in [0.15, 0.2) is 0 Å². The lowest BCUT2D eigenvalue weighted by Crippen LogP contribution is -2.12. The van der Waals surface area contributed by atoms with Crippen LogP contribution >= 0.6 is 0 Å². The second-order valence-corrected chi connectivity index (χ2v) is 5.44. The number of benzene rings is 1. The van der Waals surface area contributed by atoms with E-state index in [-0.39, 0.29) is 17.9 Å². The van der Waals surface area contributed by atoms with Gasteiger partial charge in [-0.15, -0.1) is 0 Å². The van der Waals surface area contributed by atoms with Crippen LogP contribution < -0.4 is 10.6 Å². The van der Waals surface area contributed by atoms with Crippen molar-refractivity contribution in [1.29, 1.82) is 0 Å². The Morgan fingerprint density at radius 1 is 1.22 bits per heavy atom. The quantitative estimate of drug-likeness (QED) is 0.904. The molecule has 1 aromatic carbocycles. The molecule has 1 fully saturated rings. The summed E-state index contributed by atoms with van der Waals surface area (Å²) in [4.78, 5) is 23.2. The number of anilines is 2. The van der Waals surface area contributed by atoms with Crippen LogP contribution in [0.3, 0.4) is 0 Å². The maximum Gasteiger partial charge on any atom is 0.255 e. The van der Waals surface area contributed by atoms with Crippen molar-refractivity contribution in [3.05, 3.63) is 42.2 Å². The first-order chi connectivity index (χ1) is 11.1. The Hall–Kier alpha value is -2.67. The van der Waals surface area contributed by atoms with E-state index in [1.807, 2.05) is 10.9 Å². The molecule has 1 saturated heterocycles. The summed E-state index contributed by atoms with van der Waals surface area (Å²) in [5.41, 5.74) is 1.81. The summed E-state index contributed by atoms with van der Waals surface area (Å²) in [6.45, 7) is 2.83. The van der Waals surface area contributed by atoms with Gasteiger partial charge in [-0.05, 0) is 30.7 Å². The van der Waals surface area contributed by atoms with Gasteiger partial charge in [0.25, 0.3) is 5.91 Å². The maximum absolute atomic E-state index is 12.2. The molecule has 0 unspecified atom stereocenters. The molecule has 23 heavy (non-hydrogen) atoms. The third-order valence-electron chi connectivity index (χ3n) is 3.61. The van der Waals surface area contributed by atoms with E-state index in [4.69, 9.17) is 4.74 Å². The van der Waals surface area contributed by atoms with Gasteiger partial charge >= 0.3 is 0 Å². The van der Waals surface area contributed by atoms with E-state index < -0.39 is 0 Å². The van der Waals surface area contributed by atoms with Crippen molar-refractivity contribution in [2.45, 2.75) is 19.4 Å².